The van der Waals surface area contributed by atoms with Gasteiger partial charge in [0.1, 0.15) is 11.9 Å². The van der Waals surface area contributed by atoms with Crippen LogP contribution in [-0.2, 0) is 0 Å². The van der Waals surface area contributed by atoms with E-state index < -0.39 is 0 Å². The summed E-state index contributed by atoms with van der Waals surface area (Å²) in [5.41, 5.74) is 6.51. The number of rotatable bonds is 2. The molecule has 0 amide bonds. The summed E-state index contributed by atoms with van der Waals surface area (Å²) >= 11 is 0. The Balaban J connectivity index is 1.67. The first kappa shape index (κ1) is 9.97. The van der Waals surface area contributed by atoms with Gasteiger partial charge in [-0.3, -0.25) is 0 Å². The molecule has 3 nitrogen and oxygen atoms in total. The summed E-state index contributed by atoms with van der Waals surface area (Å²) in [4.78, 5) is 0. The molecule has 1 aromatic rings. The number of hydrogen-bond donors (Lipinski definition) is 2. The van der Waals surface area contributed by atoms with Gasteiger partial charge in [0.2, 0.25) is 0 Å². The minimum absolute atomic E-state index is 0.362. The quantitative estimate of drug-likeness (QED) is 0.746. The highest BCUT2D eigenvalue weighted by Crippen LogP contribution is 2.29. The molecule has 2 fully saturated rings. The van der Waals surface area contributed by atoms with E-state index in [0.717, 1.165) is 24.3 Å². The molecule has 2 saturated heterocycles. The molecule has 16 heavy (non-hydrogen) atoms. The number of nitrogens with one attached hydrogen (secondary N) is 1. The zero-order chi connectivity index (χ0) is 11.0. The summed E-state index contributed by atoms with van der Waals surface area (Å²) in [6.07, 6.45) is 5.24. The van der Waals surface area contributed by atoms with Gasteiger partial charge in [0.25, 0.3) is 0 Å². The number of hydrogen-bond acceptors (Lipinski definition) is 3. The molecule has 3 atom stereocenters. The lowest BCUT2D eigenvalue weighted by Gasteiger charge is -2.29. The van der Waals surface area contributed by atoms with Crippen molar-refractivity contribution in [3.8, 4) is 5.75 Å². The topological polar surface area (TPSA) is 47.3 Å². The van der Waals surface area contributed by atoms with Gasteiger partial charge in [0.05, 0.1) is 0 Å². The number of anilines is 1. The molecule has 3 heteroatoms. The number of nitrogen functional groups attached to an aromatic ring is 1. The Kier molecular flexibility index (Phi) is 2.48. The summed E-state index contributed by atoms with van der Waals surface area (Å²) < 4.78 is 6.00. The van der Waals surface area contributed by atoms with Crippen LogP contribution in [0.25, 0.3) is 0 Å². The van der Waals surface area contributed by atoms with Gasteiger partial charge in [-0.1, -0.05) is 6.07 Å². The van der Waals surface area contributed by atoms with E-state index in [9.17, 15) is 0 Å². The molecule has 0 aromatic heterocycles. The van der Waals surface area contributed by atoms with Crippen LogP contribution in [-0.4, -0.2) is 18.2 Å². The maximum Gasteiger partial charge on any atom is 0.121 e. The van der Waals surface area contributed by atoms with Crippen molar-refractivity contribution in [3.05, 3.63) is 24.3 Å². The molecular weight excluding hydrogens is 200 g/mol. The fourth-order valence-corrected chi connectivity index (χ4v) is 2.88. The second kappa shape index (κ2) is 3.98. The van der Waals surface area contributed by atoms with Gasteiger partial charge in [0, 0.05) is 23.8 Å². The fourth-order valence-electron chi connectivity index (χ4n) is 2.88. The van der Waals surface area contributed by atoms with Crippen LogP contribution in [0.3, 0.4) is 0 Å². The van der Waals surface area contributed by atoms with E-state index in [1.807, 2.05) is 24.3 Å². The third kappa shape index (κ3) is 2.00. The number of fused-ring (bicyclic) bond motifs is 2. The van der Waals surface area contributed by atoms with Gasteiger partial charge in [-0.05, 0) is 37.8 Å². The second-order valence-corrected chi connectivity index (χ2v) is 4.92. The van der Waals surface area contributed by atoms with Gasteiger partial charge in [-0.2, -0.15) is 0 Å². The average molecular weight is 218 g/mol. The molecular formula is C13H18N2O. The van der Waals surface area contributed by atoms with E-state index in [4.69, 9.17) is 10.5 Å². The Labute approximate surface area is 96.0 Å². The van der Waals surface area contributed by atoms with Crippen molar-refractivity contribution in [2.24, 2.45) is 0 Å². The van der Waals surface area contributed by atoms with Crippen molar-refractivity contribution >= 4 is 5.69 Å². The van der Waals surface area contributed by atoms with Crippen molar-refractivity contribution in [3.63, 3.8) is 0 Å². The molecule has 0 aliphatic carbocycles. The standard InChI is InChI=1S/C13H18N2O/c14-9-2-1-3-12(6-9)16-13-7-10-4-5-11(8-13)15-10/h1-3,6,10-11,13,15H,4-5,7-8,14H2/t10-,11+,13?. The van der Waals surface area contributed by atoms with Crippen LogP contribution >= 0.6 is 0 Å². The molecule has 3 N–H and O–H groups in total. The van der Waals surface area contributed by atoms with Gasteiger partial charge >= 0.3 is 0 Å². The summed E-state index contributed by atoms with van der Waals surface area (Å²) in [5, 5.41) is 3.61. The van der Waals surface area contributed by atoms with E-state index in [-0.39, 0.29) is 0 Å². The van der Waals surface area contributed by atoms with Gasteiger partial charge in [0.15, 0.2) is 0 Å². The summed E-state index contributed by atoms with van der Waals surface area (Å²) in [6, 6.07) is 9.07. The van der Waals surface area contributed by atoms with Crippen molar-refractivity contribution < 1.29 is 4.74 Å². The van der Waals surface area contributed by atoms with Gasteiger partial charge < -0.3 is 15.8 Å². The molecule has 86 valence electrons. The van der Waals surface area contributed by atoms with Crippen LogP contribution in [0.1, 0.15) is 25.7 Å². The predicted molar refractivity (Wildman–Crippen MR) is 64.5 cm³/mol. The van der Waals surface area contributed by atoms with Crippen molar-refractivity contribution in [1.29, 1.82) is 0 Å². The van der Waals surface area contributed by atoms with Crippen molar-refractivity contribution in [2.75, 3.05) is 5.73 Å². The van der Waals surface area contributed by atoms with Crippen molar-refractivity contribution in [1.82, 2.24) is 5.32 Å². The molecule has 1 aromatic carbocycles. The van der Waals surface area contributed by atoms with E-state index >= 15 is 0 Å². The summed E-state index contributed by atoms with van der Waals surface area (Å²) in [6.45, 7) is 0. The normalized spacial score (nSPS) is 32.6. The van der Waals surface area contributed by atoms with Crippen LogP contribution in [0.2, 0.25) is 0 Å². The number of benzene rings is 1. The van der Waals surface area contributed by atoms with Gasteiger partial charge in [-0.25, -0.2) is 0 Å². The lowest BCUT2D eigenvalue weighted by atomic mass is 10.0. The Hall–Kier alpha value is -1.22. The second-order valence-electron chi connectivity index (χ2n) is 4.92. The van der Waals surface area contributed by atoms with E-state index in [1.165, 1.54) is 12.8 Å². The highest BCUT2D eigenvalue weighted by atomic mass is 16.5. The van der Waals surface area contributed by atoms with E-state index in [0.29, 0.717) is 18.2 Å². The monoisotopic (exact) mass is 218 g/mol. The maximum atomic E-state index is 6.00. The smallest absolute Gasteiger partial charge is 0.121 e. The van der Waals surface area contributed by atoms with E-state index in [1.54, 1.807) is 0 Å². The molecule has 0 spiro atoms. The third-order valence-electron chi connectivity index (χ3n) is 3.59. The first-order valence-corrected chi connectivity index (χ1v) is 6.08. The zero-order valence-electron chi connectivity index (χ0n) is 9.36. The summed E-state index contributed by atoms with van der Waals surface area (Å²) in [7, 11) is 0. The number of ether oxygens (including phenoxy) is 1. The van der Waals surface area contributed by atoms with Gasteiger partial charge in [-0.15, -0.1) is 0 Å². The van der Waals surface area contributed by atoms with Crippen LogP contribution in [0.4, 0.5) is 5.69 Å². The Morgan fingerprint density at radius 3 is 2.62 bits per heavy atom. The third-order valence-corrected chi connectivity index (χ3v) is 3.59. The Morgan fingerprint density at radius 2 is 1.94 bits per heavy atom. The average Bonchev–Trinajstić information content (AvgIpc) is 2.58. The fraction of sp³-hybridized carbons (Fsp3) is 0.538. The first-order valence-electron chi connectivity index (χ1n) is 6.08. The molecule has 1 unspecified atom stereocenters. The zero-order valence-corrected chi connectivity index (χ0v) is 9.36. The summed E-state index contributed by atoms with van der Waals surface area (Å²) in [5.74, 6) is 0.909. The van der Waals surface area contributed by atoms with Crippen LogP contribution in [0.5, 0.6) is 5.75 Å². The van der Waals surface area contributed by atoms with Crippen LogP contribution in [0.15, 0.2) is 24.3 Å². The largest absolute Gasteiger partial charge is 0.490 e. The lowest BCUT2D eigenvalue weighted by molar-refractivity contribution is 0.137. The molecule has 2 aliphatic heterocycles. The first-order chi connectivity index (χ1) is 7.79. The molecule has 3 rings (SSSR count). The minimum atomic E-state index is 0.362. The predicted octanol–water partition coefficient (Wildman–Crippen LogP) is 1.93. The SMILES string of the molecule is Nc1cccc(OC2C[C@H]3CC[C@@H](C2)N3)c1. The minimum Gasteiger partial charge on any atom is -0.490 e. The number of nitrogens with two attached hydrogens (primary N) is 1. The van der Waals surface area contributed by atoms with Crippen LogP contribution < -0.4 is 15.8 Å². The molecule has 0 radical (unpaired) electrons. The Morgan fingerprint density at radius 1 is 1.19 bits per heavy atom. The maximum absolute atomic E-state index is 6.00. The Bertz CT molecular complexity index is 368. The van der Waals surface area contributed by atoms with Crippen LogP contribution in [0, 0.1) is 0 Å². The van der Waals surface area contributed by atoms with Crippen molar-refractivity contribution in [2.45, 2.75) is 43.9 Å². The number of piperidine rings is 1. The molecule has 2 heterocycles. The molecule has 2 bridgehead atoms. The molecule has 2 aliphatic rings. The lowest BCUT2D eigenvalue weighted by Crippen LogP contribution is -2.42. The highest BCUT2D eigenvalue weighted by molar-refractivity contribution is 5.43. The highest BCUT2D eigenvalue weighted by Gasteiger charge is 2.34. The van der Waals surface area contributed by atoms with E-state index in [2.05, 4.69) is 5.32 Å². The molecule has 0 saturated carbocycles.